The summed E-state index contributed by atoms with van der Waals surface area (Å²) in [7, 11) is 0. The Morgan fingerprint density at radius 1 is 1.32 bits per heavy atom. The van der Waals surface area contributed by atoms with Gasteiger partial charge in [-0.15, -0.1) is 11.6 Å². The minimum Gasteiger partial charge on any atom is -0.352 e. The molecule has 1 amide bonds. The van der Waals surface area contributed by atoms with E-state index < -0.39 is 0 Å². The second-order valence-electron chi connectivity index (χ2n) is 5.97. The molecule has 0 aliphatic rings. The van der Waals surface area contributed by atoms with Crippen molar-refractivity contribution in [2.45, 2.75) is 51.3 Å². The fraction of sp³-hybridized carbons (Fsp3) is 0.562. The Kier molecular flexibility index (Phi) is 5.86. The van der Waals surface area contributed by atoms with Gasteiger partial charge in [-0.3, -0.25) is 4.79 Å². The second-order valence-corrected chi connectivity index (χ2v) is 6.72. The van der Waals surface area contributed by atoms with E-state index in [1.165, 1.54) is 0 Å². The van der Waals surface area contributed by atoms with Gasteiger partial charge in [0.15, 0.2) is 0 Å². The lowest BCUT2D eigenvalue weighted by Gasteiger charge is -2.22. The second kappa shape index (κ2) is 6.95. The van der Waals surface area contributed by atoms with E-state index in [9.17, 15) is 4.79 Å². The highest BCUT2D eigenvalue weighted by Gasteiger charge is 2.20. The van der Waals surface area contributed by atoms with E-state index in [-0.39, 0.29) is 16.7 Å². The molecular weight excluding hydrogens is 258 g/mol. The van der Waals surface area contributed by atoms with Gasteiger partial charge in [-0.2, -0.15) is 0 Å². The quantitative estimate of drug-likeness (QED) is 0.638. The van der Waals surface area contributed by atoms with Crippen molar-refractivity contribution in [3.8, 4) is 0 Å². The van der Waals surface area contributed by atoms with Crippen LogP contribution < -0.4 is 5.32 Å². The molecule has 2 nitrogen and oxygen atoms in total. The van der Waals surface area contributed by atoms with E-state index in [0.29, 0.717) is 6.54 Å². The van der Waals surface area contributed by atoms with Crippen molar-refractivity contribution in [1.29, 1.82) is 0 Å². The molecule has 1 rings (SSSR count). The molecule has 0 fully saturated rings. The largest absolute Gasteiger partial charge is 0.352 e. The lowest BCUT2D eigenvalue weighted by Crippen LogP contribution is -2.28. The van der Waals surface area contributed by atoms with Gasteiger partial charge in [0.05, 0.1) is 0 Å². The van der Waals surface area contributed by atoms with Crippen LogP contribution in [0.4, 0.5) is 0 Å². The maximum atomic E-state index is 12.2. The first-order chi connectivity index (χ1) is 8.82. The number of hydrogen-bond donors (Lipinski definition) is 1. The number of nitrogens with one attached hydrogen (secondary N) is 1. The van der Waals surface area contributed by atoms with Crippen molar-refractivity contribution in [3.05, 3.63) is 35.4 Å². The van der Waals surface area contributed by atoms with Crippen LogP contribution in [0.5, 0.6) is 0 Å². The first kappa shape index (κ1) is 16.0. The molecule has 0 spiro atoms. The molecule has 1 N–H and O–H groups in total. The third kappa shape index (κ3) is 5.23. The molecule has 0 aliphatic carbocycles. The Labute approximate surface area is 121 Å². The zero-order valence-corrected chi connectivity index (χ0v) is 13.1. The summed E-state index contributed by atoms with van der Waals surface area (Å²) in [6.07, 6.45) is 1.83. The molecule has 1 aromatic rings. The SMILES string of the molecule is CC(Cl)CCCNC(=O)c1ccccc1C(C)(C)C. The first-order valence-corrected chi connectivity index (χ1v) is 7.28. The van der Waals surface area contributed by atoms with Crippen molar-refractivity contribution in [1.82, 2.24) is 5.32 Å². The molecule has 0 aliphatic heterocycles. The summed E-state index contributed by atoms with van der Waals surface area (Å²) >= 11 is 5.88. The molecule has 1 unspecified atom stereocenters. The van der Waals surface area contributed by atoms with Crippen LogP contribution in [0, 0.1) is 0 Å². The average molecular weight is 282 g/mol. The average Bonchev–Trinajstić information content (AvgIpc) is 2.33. The van der Waals surface area contributed by atoms with E-state index in [2.05, 4.69) is 26.1 Å². The number of benzene rings is 1. The van der Waals surface area contributed by atoms with Crippen LogP contribution in [-0.4, -0.2) is 17.8 Å². The molecule has 0 bridgehead atoms. The Balaban J connectivity index is 2.67. The summed E-state index contributed by atoms with van der Waals surface area (Å²) < 4.78 is 0. The van der Waals surface area contributed by atoms with Crippen molar-refractivity contribution >= 4 is 17.5 Å². The van der Waals surface area contributed by atoms with E-state index in [0.717, 1.165) is 24.0 Å². The summed E-state index contributed by atoms with van der Waals surface area (Å²) in [6, 6.07) is 7.80. The topological polar surface area (TPSA) is 29.1 Å². The van der Waals surface area contributed by atoms with Crippen molar-refractivity contribution in [2.75, 3.05) is 6.54 Å². The molecule has 0 radical (unpaired) electrons. The van der Waals surface area contributed by atoms with Crippen LogP contribution in [0.2, 0.25) is 0 Å². The highest BCUT2D eigenvalue weighted by molar-refractivity contribution is 6.20. The van der Waals surface area contributed by atoms with Crippen LogP contribution in [0.3, 0.4) is 0 Å². The fourth-order valence-electron chi connectivity index (χ4n) is 2.02. The number of amides is 1. The molecular formula is C16H24ClNO. The predicted molar refractivity (Wildman–Crippen MR) is 82.0 cm³/mol. The molecule has 0 aromatic heterocycles. The summed E-state index contributed by atoms with van der Waals surface area (Å²) in [5.41, 5.74) is 1.82. The molecule has 0 heterocycles. The monoisotopic (exact) mass is 281 g/mol. The van der Waals surface area contributed by atoms with E-state index in [1.54, 1.807) is 0 Å². The van der Waals surface area contributed by atoms with Gasteiger partial charge >= 0.3 is 0 Å². The number of hydrogen-bond acceptors (Lipinski definition) is 1. The molecule has 0 saturated heterocycles. The third-order valence-corrected chi connectivity index (χ3v) is 3.26. The smallest absolute Gasteiger partial charge is 0.251 e. The van der Waals surface area contributed by atoms with Crippen molar-refractivity contribution in [3.63, 3.8) is 0 Å². The zero-order valence-electron chi connectivity index (χ0n) is 12.3. The first-order valence-electron chi connectivity index (χ1n) is 6.84. The van der Waals surface area contributed by atoms with Crippen LogP contribution in [0.15, 0.2) is 24.3 Å². The van der Waals surface area contributed by atoms with Gasteiger partial charge in [-0.25, -0.2) is 0 Å². The van der Waals surface area contributed by atoms with Gasteiger partial charge < -0.3 is 5.32 Å². The molecule has 3 heteroatoms. The van der Waals surface area contributed by atoms with Gasteiger partial charge in [0.1, 0.15) is 0 Å². The van der Waals surface area contributed by atoms with Crippen LogP contribution in [-0.2, 0) is 5.41 Å². The predicted octanol–water partition coefficient (Wildman–Crippen LogP) is 4.12. The highest BCUT2D eigenvalue weighted by Crippen LogP contribution is 2.25. The van der Waals surface area contributed by atoms with Crippen molar-refractivity contribution < 1.29 is 4.79 Å². The minimum absolute atomic E-state index is 0.00718. The number of halogens is 1. The zero-order chi connectivity index (χ0) is 14.5. The van der Waals surface area contributed by atoms with E-state index >= 15 is 0 Å². The number of carbonyl (C=O) groups is 1. The Morgan fingerprint density at radius 2 is 1.95 bits per heavy atom. The maximum absolute atomic E-state index is 12.2. The molecule has 1 aromatic carbocycles. The van der Waals surface area contributed by atoms with Crippen LogP contribution in [0.25, 0.3) is 0 Å². The van der Waals surface area contributed by atoms with Gasteiger partial charge in [-0.05, 0) is 36.8 Å². The molecule has 19 heavy (non-hydrogen) atoms. The van der Waals surface area contributed by atoms with Crippen LogP contribution >= 0.6 is 11.6 Å². The summed E-state index contributed by atoms with van der Waals surface area (Å²) in [4.78, 5) is 12.2. The lowest BCUT2D eigenvalue weighted by molar-refractivity contribution is 0.0950. The summed E-state index contributed by atoms with van der Waals surface area (Å²) in [5, 5.41) is 3.13. The van der Waals surface area contributed by atoms with Gasteiger partial charge in [0, 0.05) is 17.5 Å². The number of alkyl halides is 1. The Bertz CT molecular complexity index is 421. The Hall–Kier alpha value is -1.02. The van der Waals surface area contributed by atoms with Gasteiger partial charge in [0.25, 0.3) is 5.91 Å². The number of carbonyl (C=O) groups excluding carboxylic acids is 1. The maximum Gasteiger partial charge on any atom is 0.251 e. The standard InChI is InChI=1S/C16H24ClNO/c1-12(17)8-7-11-18-15(19)13-9-5-6-10-14(13)16(2,3)4/h5-6,9-10,12H,7-8,11H2,1-4H3,(H,18,19). The van der Waals surface area contributed by atoms with Crippen molar-refractivity contribution in [2.24, 2.45) is 0 Å². The van der Waals surface area contributed by atoms with Gasteiger partial charge in [0.2, 0.25) is 0 Å². The molecule has 0 saturated carbocycles. The highest BCUT2D eigenvalue weighted by atomic mass is 35.5. The Morgan fingerprint density at radius 3 is 2.53 bits per heavy atom. The normalized spacial score (nSPS) is 13.1. The minimum atomic E-state index is -0.0292. The fourth-order valence-corrected chi connectivity index (χ4v) is 2.17. The van der Waals surface area contributed by atoms with Crippen LogP contribution in [0.1, 0.15) is 56.5 Å². The molecule has 1 atom stereocenters. The summed E-state index contributed by atoms with van der Waals surface area (Å²) in [5.74, 6) is 0.00718. The van der Waals surface area contributed by atoms with E-state index in [1.807, 2.05) is 31.2 Å². The van der Waals surface area contributed by atoms with Gasteiger partial charge in [-0.1, -0.05) is 39.0 Å². The lowest BCUT2D eigenvalue weighted by atomic mass is 9.83. The third-order valence-electron chi connectivity index (χ3n) is 3.04. The summed E-state index contributed by atoms with van der Waals surface area (Å²) in [6.45, 7) is 9.00. The van der Waals surface area contributed by atoms with E-state index in [4.69, 9.17) is 11.6 Å². The number of rotatable bonds is 5. The molecule has 106 valence electrons.